The highest BCUT2D eigenvalue weighted by Gasteiger charge is 2.48. The molecule has 0 bridgehead atoms. The van der Waals surface area contributed by atoms with Gasteiger partial charge in [-0.25, -0.2) is 4.39 Å². The molecular formula is C25H24FNO4. The van der Waals surface area contributed by atoms with Gasteiger partial charge in [0, 0.05) is 41.4 Å². The molecule has 2 aliphatic heterocycles. The summed E-state index contributed by atoms with van der Waals surface area (Å²) in [6.45, 7) is 2.34. The van der Waals surface area contributed by atoms with E-state index in [0.29, 0.717) is 24.5 Å². The second kappa shape index (κ2) is 7.46. The third-order valence-electron chi connectivity index (χ3n) is 5.92. The number of methoxy groups -OCH3 is 2. The average molecular weight is 421 g/mol. The summed E-state index contributed by atoms with van der Waals surface area (Å²) in [5.74, 6) is 0.918. The van der Waals surface area contributed by atoms with E-state index in [2.05, 4.69) is 17.4 Å². The summed E-state index contributed by atoms with van der Waals surface area (Å²) in [4.78, 5) is 0. The van der Waals surface area contributed by atoms with Crippen LogP contribution in [0.1, 0.15) is 34.7 Å². The van der Waals surface area contributed by atoms with E-state index in [9.17, 15) is 4.39 Å². The van der Waals surface area contributed by atoms with E-state index in [4.69, 9.17) is 18.9 Å². The fourth-order valence-electron chi connectivity index (χ4n) is 4.42. The molecule has 1 spiro atoms. The molecule has 1 N–H and O–H groups in total. The summed E-state index contributed by atoms with van der Waals surface area (Å²) in [7, 11) is 3.25. The first kappa shape index (κ1) is 19.7. The van der Waals surface area contributed by atoms with Gasteiger partial charge in [-0.15, -0.1) is 0 Å². The number of fused-ring (bicyclic) bond motifs is 3. The SMILES string of the molecule is COc1cc(N[C@@H]2C[C@]3(OCc4cc(F)ccc43)Oc3cc(C)ccc32)cc(OC)c1. The topological polar surface area (TPSA) is 49.0 Å². The molecule has 2 atom stereocenters. The lowest BCUT2D eigenvalue weighted by Crippen LogP contribution is -2.40. The molecule has 0 fully saturated rings. The number of hydrogen-bond acceptors (Lipinski definition) is 5. The Kier molecular flexibility index (Phi) is 4.74. The van der Waals surface area contributed by atoms with Gasteiger partial charge in [-0.1, -0.05) is 12.1 Å². The average Bonchev–Trinajstić information content (AvgIpc) is 3.09. The molecule has 0 amide bonds. The number of anilines is 1. The minimum Gasteiger partial charge on any atom is -0.497 e. The lowest BCUT2D eigenvalue weighted by Gasteiger charge is -2.40. The Balaban J connectivity index is 1.57. The maximum atomic E-state index is 13.8. The van der Waals surface area contributed by atoms with Crippen molar-refractivity contribution in [1.82, 2.24) is 0 Å². The van der Waals surface area contributed by atoms with Crippen LogP contribution in [0.3, 0.4) is 0 Å². The molecule has 0 unspecified atom stereocenters. The van der Waals surface area contributed by atoms with Gasteiger partial charge in [0.2, 0.25) is 5.79 Å². The van der Waals surface area contributed by atoms with E-state index in [1.807, 2.05) is 31.2 Å². The first-order chi connectivity index (χ1) is 15.0. The zero-order valence-corrected chi connectivity index (χ0v) is 17.7. The highest BCUT2D eigenvalue weighted by Crippen LogP contribution is 2.50. The van der Waals surface area contributed by atoms with Crippen molar-refractivity contribution in [3.05, 3.63) is 82.7 Å². The van der Waals surface area contributed by atoms with E-state index in [1.165, 1.54) is 12.1 Å². The summed E-state index contributed by atoms with van der Waals surface area (Å²) in [5, 5.41) is 3.61. The number of halogens is 1. The third kappa shape index (κ3) is 3.47. The van der Waals surface area contributed by atoms with E-state index in [-0.39, 0.29) is 11.9 Å². The Morgan fingerprint density at radius 2 is 1.77 bits per heavy atom. The zero-order chi connectivity index (χ0) is 21.6. The third-order valence-corrected chi connectivity index (χ3v) is 5.92. The van der Waals surface area contributed by atoms with Crippen LogP contribution in [0.5, 0.6) is 17.2 Å². The number of hydrogen-bond donors (Lipinski definition) is 1. The van der Waals surface area contributed by atoms with Crippen molar-refractivity contribution in [1.29, 1.82) is 0 Å². The summed E-state index contributed by atoms with van der Waals surface area (Å²) in [6, 6.07) is 16.5. The van der Waals surface area contributed by atoms with Crippen LogP contribution < -0.4 is 19.5 Å². The number of aryl methyl sites for hydroxylation is 1. The molecule has 0 radical (unpaired) electrons. The van der Waals surface area contributed by atoms with Crippen molar-refractivity contribution < 1.29 is 23.3 Å². The molecule has 0 saturated carbocycles. The predicted octanol–water partition coefficient (Wildman–Crippen LogP) is 5.47. The van der Waals surface area contributed by atoms with Crippen molar-refractivity contribution in [2.24, 2.45) is 0 Å². The number of rotatable bonds is 4. The van der Waals surface area contributed by atoms with Gasteiger partial charge in [0.15, 0.2) is 0 Å². The van der Waals surface area contributed by atoms with Crippen molar-refractivity contribution >= 4 is 5.69 Å². The molecule has 0 aromatic heterocycles. The van der Waals surface area contributed by atoms with Gasteiger partial charge in [0.05, 0.1) is 26.9 Å². The minimum absolute atomic E-state index is 0.0998. The van der Waals surface area contributed by atoms with E-state index < -0.39 is 5.79 Å². The van der Waals surface area contributed by atoms with Crippen molar-refractivity contribution in [3.63, 3.8) is 0 Å². The van der Waals surface area contributed by atoms with Crippen LogP contribution in [0, 0.1) is 12.7 Å². The molecule has 3 aromatic rings. The normalized spacial score (nSPS) is 21.2. The highest BCUT2D eigenvalue weighted by molar-refractivity contribution is 5.57. The van der Waals surface area contributed by atoms with E-state index >= 15 is 0 Å². The molecule has 5 nitrogen and oxygen atoms in total. The summed E-state index contributed by atoms with van der Waals surface area (Å²) in [5.41, 5.74) is 4.68. The van der Waals surface area contributed by atoms with Crippen LogP contribution in [-0.2, 0) is 17.1 Å². The lowest BCUT2D eigenvalue weighted by atomic mass is 9.89. The maximum Gasteiger partial charge on any atom is 0.240 e. The fourth-order valence-corrected chi connectivity index (χ4v) is 4.42. The monoisotopic (exact) mass is 421 g/mol. The molecule has 5 rings (SSSR count). The molecule has 2 aliphatic rings. The van der Waals surface area contributed by atoms with Gasteiger partial charge < -0.3 is 24.3 Å². The van der Waals surface area contributed by atoms with Crippen LogP contribution in [0.15, 0.2) is 54.6 Å². The van der Waals surface area contributed by atoms with Crippen LogP contribution in [0.2, 0.25) is 0 Å². The van der Waals surface area contributed by atoms with E-state index in [0.717, 1.165) is 33.7 Å². The van der Waals surface area contributed by atoms with Gasteiger partial charge in [0.1, 0.15) is 23.1 Å². The Labute approximate surface area is 180 Å². The minimum atomic E-state index is -0.968. The van der Waals surface area contributed by atoms with Crippen LogP contribution >= 0.6 is 0 Å². The smallest absolute Gasteiger partial charge is 0.240 e. The Morgan fingerprint density at radius 1 is 1.00 bits per heavy atom. The predicted molar refractivity (Wildman–Crippen MR) is 115 cm³/mol. The quantitative estimate of drug-likeness (QED) is 0.605. The van der Waals surface area contributed by atoms with Crippen molar-refractivity contribution in [2.45, 2.75) is 31.8 Å². The summed E-state index contributed by atoms with van der Waals surface area (Å²) >= 11 is 0. The molecule has 3 aromatic carbocycles. The Bertz CT molecular complexity index is 1130. The standard InChI is InChI=1S/C25H24FNO4/c1-15-4-6-21-23(27-18-10-19(28-2)12-20(11-18)29-3)13-25(31-24(21)8-15)22-7-5-17(26)9-16(22)14-30-25/h4-12,23,27H,13-14H2,1-3H3/t23-,25+/m1/s1. The second-order valence-corrected chi connectivity index (χ2v) is 7.99. The zero-order valence-electron chi connectivity index (χ0n) is 17.7. The first-order valence-corrected chi connectivity index (χ1v) is 10.2. The lowest BCUT2D eigenvalue weighted by molar-refractivity contribution is -0.196. The summed E-state index contributed by atoms with van der Waals surface area (Å²) in [6.07, 6.45) is 0.529. The Morgan fingerprint density at radius 3 is 2.52 bits per heavy atom. The van der Waals surface area contributed by atoms with Gasteiger partial charge >= 0.3 is 0 Å². The van der Waals surface area contributed by atoms with Crippen LogP contribution in [0.4, 0.5) is 10.1 Å². The van der Waals surface area contributed by atoms with Gasteiger partial charge in [-0.3, -0.25) is 0 Å². The number of nitrogens with one attached hydrogen (secondary N) is 1. The van der Waals surface area contributed by atoms with Crippen LogP contribution in [0.25, 0.3) is 0 Å². The Hall–Kier alpha value is -3.25. The molecule has 6 heteroatoms. The van der Waals surface area contributed by atoms with Gasteiger partial charge in [0.25, 0.3) is 0 Å². The number of ether oxygens (including phenoxy) is 4. The first-order valence-electron chi connectivity index (χ1n) is 10.2. The molecule has 0 saturated heterocycles. The van der Waals surface area contributed by atoms with Crippen LogP contribution in [-0.4, -0.2) is 14.2 Å². The van der Waals surface area contributed by atoms with Crippen molar-refractivity contribution in [3.8, 4) is 17.2 Å². The largest absolute Gasteiger partial charge is 0.497 e. The maximum absolute atomic E-state index is 13.8. The fraction of sp³-hybridized carbons (Fsp3) is 0.280. The second-order valence-electron chi connectivity index (χ2n) is 7.99. The molecule has 2 heterocycles. The van der Waals surface area contributed by atoms with Gasteiger partial charge in [-0.2, -0.15) is 0 Å². The highest BCUT2D eigenvalue weighted by atomic mass is 19.1. The molecular weight excluding hydrogens is 397 g/mol. The van der Waals surface area contributed by atoms with Crippen molar-refractivity contribution in [2.75, 3.05) is 19.5 Å². The van der Waals surface area contributed by atoms with E-state index in [1.54, 1.807) is 20.3 Å². The molecule has 31 heavy (non-hydrogen) atoms. The molecule has 0 aliphatic carbocycles. The van der Waals surface area contributed by atoms with Gasteiger partial charge in [-0.05, 0) is 42.3 Å². The summed E-state index contributed by atoms with van der Waals surface area (Å²) < 4.78 is 37.3. The molecule has 160 valence electrons. The number of benzene rings is 3.